The van der Waals surface area contributed by atoms with Gasteiger partial charge in [-0.2, -0.15) is 0 Å². The minimum absolute atomic E-state index is 0.0466. The van der Waals surface area contributed by atoms with Crippen molar-refractivity contribution in [2.24, 2.45) is 0 Å². The number of halogens is 2. The minimum atomic E-state index is -0.693. The summed E-state index contributed by atoms with van der Waals surface area (Å²) < 4.78 is 20.5. The van der Waals surface area contributed by atoms with Crippen LogP contribution in [0.25, 0.3) is 28.6 Å². The number of amides is 3. The lowest BCUT2D eigenvalue weighted by Crippen LogP contribution is -2.30. The number of para-hydroxylation sites is 2. The third-order valence-electron chi connectivity index (χ3n) is 7.54. The monoisotopic (exact) mass is 704 g/mol. The zero-order valence-corrected chi connectivity index (χ0v) is 28.2. The maximum Gasteiger partial charge on any atom is 0.272 e. The van der Waals surface area contributed by atoms with Crippen molar-refractivity contribution in [3.8, 4) is 11.5 Å². The van der Waals surface area contributed by atoms with E-state index in [1.165, 1.54) is 36.0 Å². The van der Waals surface area contributed by atoms with E-state index in [0.29, 0.717) is 34.8 Å². The standard InChI is InChI=1S/C39H30ClFN4O4S/c1-2-35(38(48)42-26-20-18-25(19-21-26)39-45-32-16-6-7-17-34(32)49-39)50-28-13-8-12-27(22-28)43-37(47)33(23-29-30(40)14-9-15-31(29)41)44-36(46)24-10-4-3-5-11-24/h3-23,35H,2H2,1H3,(H,42,48)(H,43,47)(H,44,46)/b33-23+. The largest absolute Gasteiger partial charge is 0.436 e. The van der Waals surface area contributed by atoms with Gasteiger partial charge in [0.1, 0.15) is 17.0 Å². The molecule has 3 N–H and O–H groups in total. The second kappa shape index (κ2) is 15.7. The molecule has 0 fully saturated rings. The van der Waals surface area contributed by atoms with Crippen molar-refractivity contribution >= 4 is 69.6 Å². The van der Waals surface area contributed by atoms with Gasteiger partial charge >= 0.3 is 0 Å². The molecule has 0 spiro atoms. The number of oxazole rings is 1. The Bertz CT molecular complexity index is 2150. The molecule has 1 atom stereocenters. The molecule has 5 aromatic carbocycles. The number of anilines is 2. The molecule has 1 heterocycles. The third kappa shape index (κ3) is 8.28. The summed E-state index contributed by atoms with van der Waals surface area (Å²) in [7, 11) is 0. The highest BCUT2D eigenvalue weighted by molar-refractivity contribution is 8.00. The molecular formula is C39H30ClFN4O4S. The molecule has 6 rings (SSSR count). The molecule has 0 saturated heterocycles. The van der Waals surface area contributed by atoms with Crippen LogP contribution in [0.1, 0.15) is 29.3 Å². The molecule has 250 valence electrons. The third-order valence-corrected chi connectivity index (χ3v) is 9.23. The fourth-order valence-electron chi connectivity index (χ4n) is 4.98. The van der Waals surface area contributed by atoms with Crippen LogP contribution in [0.5, 0.6) is 0 Å². The van der Waals surface area contributed by atoms with Gasteiger partial charge in [0.05, 0.1) is 10.3 Å². The normalized spacial score (nSPS) is 11.9. The Labute approximate surface area is 296 Å². The van der Waals surface area contributed by atoms with Crippen LogP contribution < -0.4 is 16.0 Å². The Hall–Kier alpha value is -5.71. The molecule has 0 aliphatic rings. The highest BCUT2D eigenvalue weighted by atomic mass is 35.5. The van der Waals surface area contributed by atoms with E-state index < -0.39 is 22.9 Å². The number of fused-ring (bicyclic) bond motifs is 1. The van der Waals surface area contributed by atoms with E-state index in [1.807, 2.05) is 49.4 Å². The van der Waals surface area contributed by atoms with Crippen molar-refractivity contribution in [3.63, 3.8) is 0 Å². The first-order valence-corrected chi connectivity index (χ1v) is 16.9. The quantitative estimate of drug-likeness (QED) is 0.0916. The van der Waals surface area contributed by atoms with Gasteiger partial charge in [0.25, 0.3) is 11.8 Å². The van der Waals surface area contributed by atoms with Gasteiger partial charge in [-0.25, -0.2) is 9.37 Å². The Morgan fingerprint density at radius 2 is 1.60 bits per heavy atom. The number of carbonyl (C=O) groups is 3. The van der Waals surface area contributed by atoms with Gasteiger partial charge in [-0.15, -0.1) is 11.8 Å². The minimum Gasteiger partial charge on any atom is -0.436 e. The van der Waals surface area contributed by atoms with Crippen LogP contribution in [-0.4, -0.2) is 28.0 Å². The second-order valence-electron chi connectivity index (χ2n) is 11.1. The molecule has 0 radical (unpaired) electrons. The van der Waals surface area contributed by atoms with Crippen molar-refractivity contribution in [2.75, 3.05) is 10.6 Å². The molecule has 0 aliphatic carbocycles. The Morgan fingerprint density at radius 1 is 0.860 bits per heavy atom. The molecular weight excluding hydrogens is 675 g/mol. The van der Waals surface area contributed by atoms with Crippen molar-refractivity contribution in [3.05, 3.63) is 149 Å². The lowest BCUT2D eigenvalue weighted by atomic mass is 10.1. The zero-order valence-electron chi connectivity index (χ0n) is 26.7. The van der Waals surface area contributed by atoms with Crippen molar-refractivity contribution < 1.29 is 23.2 Å². The smallest absolute Gasteiger partial charge is 0.272 e. The average Bonchev–Trinajstić information content (AvgIpc) is 3.57. The predicted molar refractivity (Wildman–Crippen MR) is 196 cm³/mol. The molecule has 0 aliphatic heterocycles. The molecule has 0 saturated carbocycles. The first-order valence-electron chi connectivity index (χ1n) is 15.6. The molecule has 1 aromatic heterocycles. The van der Waals surface area contributed by atoms with Crippen LogP contribution in [0.15, 0.2) is 136 Å². The van der Waals surface area contributed by atoms with Crippen LogP contribution in [0.4, 0.5) is 15.8 Å². The van der Waals surface area contributed by atoms with Crippen LogP contribution in [-0.2, 0) is 9.59 Å². The summed E-state index contributed by atoms with van der Waals surface area (Å²) >= 11 is 7.57. The number of thioether (sulfide) groups is 1. The molecule has 50 heavy (non-hydrogen) atoms. The fraction of sp³-hybridized carbons (Fsp3) is 0.0769. The maximum absolute atomic E-state index is 14.7. The lowest BCUT2D eigenvalue weighted by Gasteiger charge is -2.16. The van der Waals surface area contributed by atoms with E-state index >= 15 is 0 Å². The van der Waals surface area contributed by atoms with Crippen LogP contribution >= 0.6 is 23.4 Å². The molecule has 6 aromatic rings. The summed E-state index contributed by atoms with van der Waals surface area (Å²) in [5.41, 5.74) is 3.34. The van der Waals surface area contributed by atoms with E-state index in [1.54, 1.807) is 60.7 Å². The number of hydrogen-bond donors (Lipinski definition) is 3. The summed E-state index contributed by atoms with van der Waals surface area (Å²) in [5, 5.41) is 7.96. The topological polar surface area (TPSA) is 113 Å². The van der Waals surface area contributed by atoms with Gasteiger partial charge in [0.2, 0.25) is 11.8 Å². The number of nitrogens with zero attached hydrogens (tertiary/aromatic N) is 1. The number of nitrogens with one attached hydrogen (secondary N) is 3. The molecule has 1 unspecified atom stereocenters. The van der Waals surface area contributed by atoms with Gasteiger partial charge in [-0.3, -0.25) is 14.4 Å². The van der Waals surface area contributed by atoms with Gasteiger partial charge < -0.3 is 20.4 Å². The second-order valence-corrected chi connectivity index (χ2v) is 12.7. The van der Waals surface area contributed by atoms with E-state index in [2.05, 4.69) is 20.9 Å². The molecule has 8 nitrogen and oxygen atoms in total. The van der Waals surface area contributed by atoms with Gasteiger partial charge in [0, 0.05) is 33.0 Å². The van der Waals surface area contributed by atoms with E-state index in [4.69, 9.17) is 16.0 Å². The lowest BCUT2D eigenvalue weighted by molar-refractivity contribution is -0.116. The van der Waals surface area contributed by atoms with Gasteiger partial charge in [-0.05, 0) is 91.4 Å². The zero-order chi connectivity index (χ0) is 35.0. The van der Waals surface area contributed by atoms with Crippen LogP contribution in [0.3, 0.4) is 0 Å². The van der Waals surface area contributed by atoms with Gasteiger partial charge in [-0.1, -0.05) is 61.0 Å². The van der Waals surface area contributed by atoms with Crippen LogP contribution in [0, 0.1) is 5.82 Å². The maximum atomic E-state index is 14.7. The van der Waals surface area contributed by atoms with E-state index in [-0.39, 0.29) is 22.2 Å². The van der Waals surface area contributed by atoms with Gasteiger partial charge in [0.15, 0.2) is 5.58 Å². The fourth-order valence-corrected chi connectivity index (χ4v) is 6.21. The summed E-state index contributed by atoms with van der Waals surface area (Å²) in [6.07, 6.45) is 1.74. The van der Waals surface area contributed by atoms with E-state index in [9.17, 15) is 18.8 Å². The summed E-state index contributed by atoms with van der Waals surface area (Å²) in [6, 6.07) is 34.3. The average molecular weight is 705 g/mol. The number of carbonyl (C=O) groups excluding carboxylic acids is 3. The molecule has 3 amide bonds. The number of aromatic nitrogens is 1. The highest BCUT2D eigenvalue weighted by Gasteiger charge is 2.20. The van der Waals surface area contributed by atoms with Crippen LogP contribution in [0.2, 0.25) is 5.02 Å². The predicted octanol–water partition coefficient (Wildman–Crippen LogP) is 9.21. The van der Waals surface area contributed by atoms with E-state index in [0.717, 1.165) is 16.0 Å². The molecule has 11 heteroatoms. The summed E-state index contributed by atoms with van der Waals surface area (Å²) in [6.45, 7) is 1.92. The first kappa shape index (κ1) is 34.2. The highest BCUT2D eigenvalue weighted by Crippen LogP contribution is 2.30. The SMILES string of the molecule is CCC(Sc1cccc(NC(=O)/C(=C\c2c(F)cccc2Cl)NC(=O)c2ccccc2)c1)C(=O)Nc1ccc(-c2nc3ccccc3o2)cc1. The summed E-state index contributed by atoms with van der Waals surface area (Å²) in [4.78, 5) is 45.1. The Balaban J connectivity index is 1.14. The molecule has 0 bridgehead atoms. The summed E-state index contributed by atoms with van der Waals surface area (Å²) in [5.74, 6) is -1.59. The Morgan fingerprint density at radius 3 is 2.34 bits per heavy atom. The number of hydrogen-bond acceptors (Lipinski definition) is 6. The van der Waals surface area contributed by atoms with Crippen molar-refractivity contribution in [1.29, 1.82) is 0 Å². The van der Waals surface area contributed by atoms with Crippen molar-refractivity contribution in [2.45, 2.75) is 23.5 Å². The number of rotatable bonds is 11. The Kier molecular flexibility index (Phi) is 10.7. The number of benzene rings is 5. The van der Waals surface area contributed by atoms with Crippen molar-refractivity contribution in [1.82, 2.24) is 10.3 Å². The first-order chi connectivity index (χ1) is 24.3.